The van der Waals surface area contributed by atoms with Crippen LogP contribution in [0.2, 0.25) is 0 Å². The van der Waals surface area contributed by atoms with Gasteiger partial charge >= 0.3 is 0 Å². The number of guanidine groups is 1. The lowest BCUT2D eigenvalue weighted by molar-refractivity contribution is -0.115. The first kappa shape index (κ1) is 20.9. The van der Waals surface area contributed by atoms with Gasteiger partial charge in [-0.05, 0) is 25.0 Å². The molecule has 2 N–H and O–H groups in total. The van der Waals surface area contributed by atoms with Gasteiger partial charge in [-0.25, -0.2) is 0 Å². The number of nitrogens with zero attached hydrogens (tertiary/aromatic N) is 2. The number of para-hydroxylation sites is 1. The summed E-state index contributed by atoms with van der Waals surface area (Å²) in [6, 6.07) is 9.42. The third-order valence-corrected chi connectivity index (χ3v) is 4.45. The zero-order valence-corrected chi connectivity index (χ0v) is 17.3. The van der Waals surface area contributed by atoms with E-state index in [1.165, 1.54) is 0 Å². The highest BCUT2D eigenvalue weighted by molar-refractivity contribution is 14.0. The molecule has 2 aliphatic rings. The van der Waals surface area contributed by atoms with Crippen LogP contribution in [0, 0.1) is 0 Å². The number of nitrogens with one attached hydrogen (secondary N) is 2. The summed E-state index contributed by atoms with van der Waals surface area (Å²) in [4.78, 5) is 18.5. The quantitative estimate of drug-likeness (QED) is 0.395. The van der Waals surface area contributed by atoms with Gasteiger partial charge in [-0.2, -0.15) is 0 Å². The van der Waals surface area contributed by atoms with Gasteiger partial charge in [0.25, 0.3) is 0 Å². The van der Waals surface area contributed by atoms with Gasteiger partial charge < -0.3 is 25.0 Å². The summed E-state index contributed by atoms with van der Waals surface area (Å²) in [5, 5.41) is 6.00. The molecule has 0 spiro atoms. The van der Waals surface area contributed by atoms with Crippen molar-refractivity contribution in [3.63, 3.8) is 0 Å². The Balaban J connectivity index is 0.00000243. The van der Waals surface area contributed by atoms with Crippen molar-refractivity contribution >= 4 is 41.5 Å². The summed E-state index contributed by atoms with van der Waals surface area (Å²) in [5.74, 6) is 0.616. The first-order chi connectivity index (χ1) is 12.3. The van der Waals surface area contributed by atoms with Crippen molar-refractivity contribution in [3.05, 3.63) is 30.3 Å². The first-order valence-electron chi connectivity index (χ1n) is 8.80. The minimum Gasteiger partial charge on any atom is -0.375 e. The third-order valence-electron chi connectivity index (χ3n) is 4.45. The largest absolute Gasteiger partial charge is 0.375 e. The van der Waals surface area contributed by atoms with E-state index in [4.69, 9.17) is 9.47 Å². The van der Waals surface area contributed by atoms with Crippen LogP contribution in [0.15, 0.2) is 35.3 Å². The number of halogens is 1. The second-order valence-electron chi connectivity index (χ2n) is 6.22. The maximum Gasteiger partial charge on any atom is 0.243 e. The number of benzene rings is 1. The molecular formula is C18H27IN4O3. The SMILES string of the molecule is CN=C(NCC(=O)Nc1ccccc1)N1CCOC(C2CCCO2)C1.I. The molecule has 7 nitrogen and oxygen atoms in total. The highest BCUT2D eigenvalue weighted by Crippen LogP contribution is 2.21. The molecule has 2 heterocycles. The van der Waals surface area contributed by atoms with E-state index < -0.39 is 0 Å². The van der Waals surface area contributed by atoms with Crippen LogP contribution in [-0.2, 0) is 14.3 Å². The fraction of sp³-hybridized carbons (Fsp3) is 0.556. The Morgan fingerprint density at radius 1 is 1.23 bits per heavy atom. The summed E-state index contributed by atoms with van der Waals surface area (Å²) in [7, 11) is 1.73. The fourth-order valence-corrected chi connectivity index (χ4v) is 3.21. The van der Waals surface area contributed by atoms with E-state index >= 15 is 0 Å². The number of rotatable bonds is 4. The van der Waals surface area contributed by atoms with Crippen LogP contribution < -0.4 is 10.6 Å². The summed E-state index contributed by atoms with van der Waals surface area (Å²) < 4.78 is 11.6. The van der Waals surface area contributed by atoms with Crippen LogP contribution in [0.5, 0.6) is 0 Å². The highest BCUT2D eigenvalue weighted by Gasteiger charge is 2.32. The molecule has 144 valence electrons. The maximum absolute atomic E-state index is 12.1. The van der Waals surface area contributed by atoms with Crippen molar-refractivity contribution in [1.29, 1.82) is 0 Å². The summed E-state index contributed by atoms with van der Waals surface area (Å²) in [6.45, 7) is 3.11. The van der Waals surface area contributed by atoms with E-state index in [0.717, 1.165) is 44.2 Å². The minimum atomic E-state index is -0.101. The second-order valence-corrected chi connectivity index (χ2v) is 6.22. The molecule has 1 aromatic carbocycles. The Kier molecular flexibility index (Phi) is 8.60. The molecule has 2 atom stereocenters. The topological polar surface area (TPSA) is 75.2 Å². The van der Waals surface area contributed by atoms with E-state index in [9.17, 15) is 4.79 Å². The predicted octanol–water partition coefficient (Wildman–Crippen LogP) is 1.70. The molecule has 1 aromatic rings. The molecule has 0 saturated carbocycles. The monoisotopic (exact) mass is 474 g/mol. The van der Waals surface area contributed by atoms with Crippen LogP contribution in [0.4, 0.5) is 5.69 Å². The van der Waals surface area contributed by atoms with Gasteiger partial charge in [0.15, 0.2) is 5.96 Å². The van der Waals surface area contributed by atoms with Gasteiger partial charge in [0.2, 0.25) is 5.91 Å². The number of hydrogen-bond acceptors (Lipinski definition) is 4. The highest BCUT2D eigenvalue weighted by atomic mass is 127. The van der Waals surface area contributed by atoms with E-state index in [0.29, 0.717) is 6.61 Å². The Morgan fingerprint density at radius 3 is 2.69 bits per heavy atom. The molecule has 2 aliphatic heterocycles. The molecule has 2 fully saturated rings. The molecule has 0 aromatic heterocycles. The molecule has 26 heavy (non-hydrogen) atoms. The number of anilines is 1. The van der Waals surface area contributed by atoms with Crippen LogP contribution >= 0.6 is 24.0 Å². The number of amides is 1. The molecule has 0 radical (unpaired) electrons. The second kappa shape index (κ2) is 10.7. The summed E-state index contributed by atoms with van der Waals surface area (Å²) in [5.41, 5.74) is 0.786. The molecule has 3 rings (SSSR count). The lowest BCUT2D eigenvalue weighted by atomic mass is 10.1. The Morgan fingerprint density at radius 2 is 2.00 bits per heavy atom. The number of aliphatic imine (C=N–C) groups is 1. The molecule has 2 unspecified atom stereocenters. The van der Waals surface area contributed by atoms with Gasteiger partial charge in [0.1, 0.15) is 6.10 Å². The number of hydrogen-bond donors (Lipinski definition) is 2. The van der Waals surface area contributed by atoms with E-state index in [-0.39, 0.29) is 48.6 Å². The zero-order chi connectivity index (χ0) is 17.5. The van der Waals surface area contributed by atoms with Crippen LogP contribution in [0.1, 0.15) is 12.8 Å². The van der Waals surface area contributed by atoms with Gasteiger partial charge in [-0.3, -0.25) is 9.79 Å². The lowest BCUT2D eigenvalue weighted by Gasteiger charge is -2.37. The number of morpholine rings is 1. The van der Waals surface area contributed by atoms with Crippen molar-refractivity contribution < 1.29 is 14.3 Å². The molecule has 1 amide bonds. The maximum atomic E-state index is 12.1. The Hall–Kier alpha value is -1.39. The third kappa shape index (κ3) is 5.82. The molecule has 0 bridgehead atoms. The molecule has 2 saturated heterocycles. The van der Waals surface area contributed by atoms with E-state index in [2.05, 4.69) is 20.5 Å². The number of carbonyl (C=O) groups is 1. The Bertz CT molecular complexity index is 593. The minimum absolute atomic E-state index is 0. The number of ether oxygens (including phenoxy) is 2. The average molecular weight is 474 g/mol. The van der Waals surface area contributed by atoms with E-state index in [1.54, 1.807) is 7.05 Å². The van der Waals surface area contributed by atoms with Crippen LogP contribution in [0.3, 0.4) is 0 Å². The average Bonchev–Trinajstić information content (AvgIpc) is 3.18. The van der Waals surface area contributed by atoms with Gasteiger partial charge in [-0.15, -0.1) is 24.0 Å². The normalized spacial score (nSPS) is 23.3. The molecule has 8 heteroatoms. The Labute approximate surface area is 171 Å². The van der Waals surface area contributed by atoms with Gasteiger partial charge in [0.05, 0.1) is 19.3 Å². The van der Waals surface area contributed by atoms with Gasteiger partial charge in [-0.1, -0.05) is 18.2 Å². The number of carbonyl (C=O) groups excluding carboxylic acids is 1. The van der Waals surface area contributed by atoms with Gasteiger partial charge in [0, 0.05) is 32.4 Å². The van der Waals surface area contributed by atoms with Crippen molar-refractivity contribution in [1.82, 2.24) is 10.2 Å². The summed E-state index contributed by atoms with van der Waals surface area (Å²) in [6.07, 6.45) is 2.37. The van der Waals surface area contributed by atoms with E-state index in [1.807, 2.05) is 30.3 Å². The lowest BCUT2D eigenvalue weighted by Crippen LogP contribution is -2.54. The van der Waals surface area contributed by atoms with Crippen molar-refractivity contribution in [2.45, 2.75) is 25.0 Å². The van der Waals surface area contributed by atoms with Crippen LogP contribution in [0.25, 0.3) is 0 Å². The molecule has 0 aliphatic carbocycles. The zero-order valence-electron chi connectivity index (χ0n) is 15.0. The fourth-order valence-electron chi connectivity index (χ4n) is 3.21. The standard InChI is InChI=1S/C18H26N4O3.HI/c1-19-18(20-12-17(23)21-14-6-3-2-4-7-14)22-9-11-25-16(13-22)15-8-5-10-24-15;/h2-4,6-7,15-16H,5,8-13H2,1H3,(H,19,20)(H,21,23);1H. The molecular weight excluding hydrogens is 447 g/mol. The van der Waals surface area contributed by atoms with Crippen molar-refractivity contribution in [2.24, 2.45) is 4.99 Å². The first-order valence-corrected chi connectivity index (χ1v) is 8.80. The van der Waals surface area contributed by atoms with Crippen molar-refractivity contribution in [3.8, 4) is 0 Å². The van der Waals surface area contributed by atoms with Crippen LogP contribution in [-0.4, -0.2) is 68.9 Å². The summed E-state index contributed by atoms with van der Waals surface area (Å²) >= 11 is 0. The van der Waals surface area contributed by atoms with Crippen molar-refractivity contribution in [2.75, 3.05) is 45.2 Å². The predicted molar refractivity (Wildman–Crippen MR) is 112 cm³/mol. The smallest absolute Gasteiger partial charge is 0.243 e.